The molecule has 0 amide bonds. The average molecular weight is 772 g/mol. The van der Waals surface area contributed by atoms with E-state index in [1.807, 2.05) is 12.1 Å². The van der Waals surface area contributed by atoms with Crippen molar-refractivity contribution in [1.29, 1.82) is 0 Å². The molecule has 298 valence electrons. The lowest BCUT2D eigenvalue weighted by Crippen LogP contribution is -3.26. The minimum atomic E-state index is -0.374. The summed E-state index contributed by atoms with van der Waals surface area (Å²) in [5, 5.41) is 0. The van der Waals surface area contributed by atoms with Gasteiger partial charge in [-0.25, -0.2) is 0 Å². The first-order valence-electron chi connectivity index (χ1n) is 19.5. The normalized spacial score (nSPS) is 15.8. The van der Waals surface area contributed by atoms with Gasteiger partial charge in [-0.2, -0.15) is 0 Å². The summed E-state index contributed by atoms with van der Waals surface area (Å²) in [6.07, 6.45) is 19.6. The zero-order valence-electron chi connectivity index (χ0n) is 32.7. The SMILES string of the molecule is CCCCCCCCCCCCCCCCCC(=O)OC(COc1cc(OC)c(OC)c(OC)c1)C[NH+]1CC[NH+](c2ccccc2OC)CC1.[Cl-].[Cl-]. The number of nitrogens with one attached hydrogen (secondary N) is 2. The molecule has 0 saturated carbocycles. The van der Waals surface area contributed by atoms with E-state index >= 15 is 0 Å². The largest absolute Gasteiger partial charge is 1.00 e. The van der Waals surface area contributed by atoms with Crippen molar-refractivity contribution in [2.75, 3.05) is 67.8 Å². The first-order chi connectivity index (χ1) is 24.5. The molecule has 11 heteroatoms. The van der Waals surface area contributed by atoms with Crippen molar-refractivity contribution in [3.8, 4) is 28.7 Å². The van der Waals surface area contributed by atoms with E-state index in [9.17, 15) is 4.79 Å². The van der Waals surface area contributed by atoms with E-state index in [4.69, 9.17) is 28.4 Å². The summed E-state index contributed by atoms with van der Waals surface area (Å²) in [5.41, 5.74) is 1.20. The van der Waals surface area contributed by atoms with Gasteiger partial charge in [0.2, 0.25) is 5.75 Å². The van der Waals surface area contributed by atoms with Crippen molar-refractivity contribution in [3.05, 3.63) is 36.4 Å². The molecule has 3 rings (SSSR count). The number of hydrogen-bond donors (Lipinski definition) is 2. The van der Waals surface area contributed by atoms with Crippen LogP contribution in [0, 0.1) is 0 Å². The Morgan fingerprint density at radius 1 is 0.654 bits per heavy atom. The van der Waals surface area contributed by atoms with E-state index in [-0.39, 0.29) is 43.5 Å². The van der Waals surface area contributed by atoms with Crippen LogP contribution in [0.4, 0.5) is 5.69 Å². The fraction of sp³-hybridized carbons (Fsp3) is 0.683. The van der Waals surface area contributed by atoms with Crippen LogP contribution in [0.5, 0.6) is 28.7 Å². The van der Waals surface area contributed by atoms with Gasteiger partial charge in [0.05, 0.1) is 28.4 Å². The van der Waals surface area contributed by atoms with E-state index in [0.717, 1.165) is 44.8 Å². The smallest absolute Gasteiger partial charge is 0.306 e. The van der Waals surface area contributed by atoms with Gasteiger partial charge in [-0.1, -0.05) is 109 Å². The lowest BCUT2D eigenvalue weighted by atomic mass is 10.0. The molecular formula is C41H68Cl2N2O7. The molecule has 1 unspecified atom stereocenters. The van der Waals surface area contributed by atoms with Gasteiger partial charge in [-0.3, -0.25) is 9.69 Å². The molecule has 1 atom stereocenters. The number of piperazine rings is 1. The second kappa shape index (κ2) is 28.9. The quantitative estimate of drug-likeness (QED) is 0.101. The third-order valence-corrected chi connectivity index (χ3v) is 9.92. The third kappa shape index (κ3) is 17.5. The predicted octanol–water partition coefficient (Wildman–Crippen LogP) is 0.396. The van der Waals surface area contributed by atoms with Crippen LogP contribution < -0.4 is 58.3 Å². The van der Waals surface area contributed by atoms with Crippen LogP contribution >= 0.6 is 0 Å². The number of unbranched alkanes of at least 4 members (excludes halogenated alkanes) is 14. The summed E-state index contributed by atoms with van der Waals surface area (Å²) in [7, 11) is 6.47. The number of benzene rings is 2. The van der Waals surface area contributed by atoms with E-state index in [0.29, 0.717) is 36.0 Å². The molecule has 0 radical (unpaired) electrons. The summed E-state index contributed by atoms with van der Waals surface area (Å²) in [6.45, 7) is 7.09. The summed E-state index contributed by atoms with van der Waals surface area (Å²) in [5.74, 6) is 2.90. The number of halogens is 2. The maximum atomic E-state index is 13.1. The fourth-order valence-electron chi connectivity index (χ4n) is 6.99. The van der Waals surface area contributed by atoms with Crippen molar-refractivity contribution in [2.24, 2.45) is 0 Å². The number of carbonyl (C=O) groups is 1. The van der Waals surface area contributed by atoms with Crippen LogP contribution in [0.2, 0.25) is 0 Å². The highest BCUT2D eigenvalue weighted by Crippen LogP contribution is 2.40. The molecule has 1 saturated heterocycles. The maximum Gasteiger partial charge on any atom is 0.306 e. The van der Waals surface area contributed by atoms with Gasteiger partial charge in [0.25, 0.3) is 0 Å². The molecule has 52 heavy (non-hydrogen) atoms. The Kier molecular flexibility index (Phi) is 26.3. The van der Waals surface area contributed by atoms with E-state index in [1.54, 1.807) is 40.6 Å². The molecule has 2 N–H and O–H groups in total. The van der Waals surface area contributed by atoms with Crippen LogP contribution in [0.25, 0.3) is 0 Å². The van der Waals surface area contributed by atoms with Crippen molar-refractivity contribution in [2.45, 2.75) is 116 Å². The van der Waals surface area contributed by atoms with Crippen molar-refractivity contribution < 1.29 is 67.8 Å². The maximum absolute atomic E-state index is 13.1. The number of para-hydroxylation sites is 2. The monoisotopic (exact) mass is 770 g/mol. The highest BCUT2D eigenvalue weighted by molar-refractivity contribution is 5.69. The van der Waals surface area contributed by atoms with Gasteiger partial charge in [0.15, 0.2) is 29.0 Å². The summed E-state index contributed by atoms with van der Waals surface area (Å²) < 4.78 is 34.4. The molecule has 0 aliphatic carbocycles. The standard InChI is InChI=1S/C41H66N2O7.2ClH/c1-6-7-8-9-10-11-12-13-14-15-16-17-18-19-20-25-40(44)50-35(33-49-34-30-38(46-3)41(48-5)39(31-34)47-4)32-42-26-28-43(29-27-42)36-23-21-22-24-37(36)45-2;;/h21-24,30-31,35H,6-20,25-29,32-33H2,1-5H3;2*1H. The number of esters is 1. The Morgan fingerprint density at radius 3 is 1.65 bits per heavy atom. The van der Waals surface area contributed by atoms with Gasteiger partial charge < -0.3 is 58.1 Å². The number of hydrogen-bond acceptors (Lipinski definition) is 7. The molecule has 0 spiro atoms. The molecule has 1 aliphatic rings. The molecule has 1 aliphatic heterocycles. The van der Waals surface area contributed by atoms with Crippen LogP contribution in [0.15, 0.2) is 36.4 Å². The van der Waals surface area contributed by atoms with Gasteiger partial charge >= 0.3 is 5.97 Å². The lowest BCUT2D eigenvalue weighted by Gasteiger charge is -2.31. The van der Waals surface area contributed by atoms with Gasteiger partial charge in [-0.05, 0) is 12.5 Å². The van der Waals surface area contributed by atoms with E-state index in [2.05, 4.69) is 19.1 Å². The molecule has 9 nitrogen and oxygen atoms in total. The Morgan fingerprint density at radius 2 is 1.15 bits per heavy atom. The molecular weight excluding hydrogens is 703 g/mol. The lowest BCUT2D eigenvalue weighted by molar-refractivity contribution is -0.987. The highest BCUT2D eigenvalue weighted by Gasteiger charge is 2.30. The summed E-state index contributed by atoms with van der Waals surface area (Å²) >= 11 is 0. The second-order valence-corrected chi connectivity index (χ2v) is 13.7. The van der Waals surface area contributed by atoms with Gasteiger partial charge in [0.1, 0.15) is 45.1 Å². The predicted molar refractivity (Wildman–Crippen MR) is 200 cm³/mol. The molecule has 1 heterocycles. The zero-order chi connectivity index (χ0) is 35.8. The van der Waals surface area contributed by atoms with Crippen LogP contribution in [-0.2, 0) is 9.53 Å². The molecule has 2 aromatic carbocycles. The summed E-state index contributed by atoms with van der Waals surface area (Å²) in [6, 6.07) is 11.8. The Labute approximate surface area is 327 Å². The van der Waals surface area contributed by atoms with E-state index in [1.165, 1.54) is 99.0 Å². The number of quaternary nitrogens is 2. The van der Waals surface area contributed by atoms with E-state index < -0.39 is 0 Å². The summed E-state index contributed by atoms with van der Waals surface area (Å²) in [4.78, 5) is 15.9. The topological polar surface area (TPSA) is 81.3 Å². The van der Waals surface area contributed by atoms with Crippen LogP contribution in [-0.4, -0.2) is 79.8 Å². The molecule has 1 fully saturated rings. The first-order valence-corrected chi connectivity index (χ1v) is 19.5. The minimum absolute atomic E-state index is 0. The highest BCUT2D eigenvalue weighted by atomic mass is 35.5. The number of carbonyl (C=O) groups excluding carboxylic acids is 1. The zero-order valence-corrected chi connectivity index (χ0v) is 34.2. The first kappa shape index (κ1) is 47.4. The van der Waals surface area contributed by atoms with Gasteiger partial charge in [-0.15, -0.1) is 0 Å². The Bertz CT molecular complexity index is 1190. The number of ether oxygens (including phenoxy) is 6. The molecule has 0 bridgehead atoms. The molecule has 0 aromatic heterocycles. The third-order valence-electron chi connectivity index (χ3n) is 9.92. The average Bonchev–Trinajstić information content (AvgIpc) is 3.15. The molecule has 2 aromatic rings. The van der Waals surface area contributed by atoms with Crippen molar-refractivity contribution in [1.82, 2.24) is 0 Å². The van der Waals surface area contributed by atoms with Gasteiger partial charge in [0, 0.05) is 24.6 Å². The fourth-order valence-corrected chi connectivity index (χ4v) is 6.99. The van der Waals surface area contributed by atoms with Crippen molar-refractivity contribution in [3.63, 3.8) is 0 Å². The Balaban J connectivity index is 0.00000676. The van der Waals surface area contributed by atoms with Crippen molar-refractivity contribution >= 4 is 11.7 Å². The number of methoxy groups -OCH3 is 4. The minimum Gasteiger partial charge on any atom is -1.00 e. The van der Waals surface area contributed by atoms with Crippen LogP contribution in [0.3, 0.4) is 0 Å². The van der Waals surface area contributed by atoms with Crippen LogP contribution in [0.1, 0.15) is 110 Å². The second-order valence-electron chi connectivity index (χ2n) is 13.7. The number of rotatable bonds is 27. The Hall–Kier alpha value is -2.59.